The average molecular weight is 418 g/mol. The molecule has 2 aromatic carbocycles. The Labute approximate surface area is 169 Å². The molecule has 6 nitrogen and oxygen atoms in total. The summed E-state index contributed by atoms with van der Waals surface area (Å²) in [6, 6.07) is 13.1. The van der Waals surface area contributed by atoms with Crippen molar-refractivity contribution < 1.29 is 13.2 Å². The SMILES string of the molecule is O=S(=O)(NC1CCC(Oc2ncc(Cl)cn2)CC1)c1ccc2ccccc2c1. The van der Waals surface area contributed by atoms with Crippen LogP contribution in [-0.2, 0) is 10.0 Å². The molecule has 1 heterocycles. The highest BCUT2D eigenvalue weighted by Crippen LogP contribution is 2.25. The van der Waals surface area contributed by atoms with E-state index < -0.39 is 10.0 Å². The van der Waals surface area contributed by atoms with Crippen molar-refractivity contribution in [3.05, 3.63) is 59.9 Å². The van der Waals surface area contributed by atoms with Crippen molar-refractivity contribution in [2.24, 2.45) is 0 Å². The predicted molar refractivity (Wildman–Crippen MR) is 108 cm³/mol. The summed E-state index contributed by atoms with van der Waals surface area (Å²) < 4.78 is 34.1. The van der Waals surface area contributed by atoms with Crippen LogP contribution < -0.4 is 9.46 Å². The molecule has 0 amide bonds. The topological polar surface area (TPSA) is 81.2 Å². The molecule has 4 rings (SSSR count). The van der Waals surface area contributed by atoms with Gasteiger partial charge >= 0.3 is 6.01 Å². The summed E-state index contributed by atoms with van der Waals surface area (Å²) >= 11 is 5.77. The van der Waals surface area contributed by atoms with Gasteiger partial charge in [-0.15, -0.1) is 0 Å². The van der Waals surface area contributed by atoms with Crippen LogP contribution in [-0.4, -0.2) is 30.5 Å². The van der Waals surface area contributed by atoms with E-state index in [9.17, 15) is 8.42 Å². The quantitative estimate of drug-likeness (QED) is 0.679. The maximum absolute atomic E-state index is 12.8. The van der Waals surface area contributed by atoms with Gasteiger partial charge in [-0.05, 0) is 48.6 Å². The molecule has 1 saturated carbocycles. The molecule has 8 heteroatoms. The molecule has 0 spiro atoms. The van der Waals surface area contributed by atoms with Crippen molar-refractivity contribution >= 4 is 32.4 Å². The summed E-state index contributed by atoms with van der Waals surface area (Å²) in [6.45, 7) is 0. The van der Waals surface area contributed by atoms with E-state index in [0.717, 1.165) is 23.6 Å². The number of nitrogens with one attached hydrogen (secondary N) is 1. The van der Waals surface area contributed by atoms with Gasteiger partial charge in [-0.1, -0.05) is 41.9 Å². The normalized spacial score (nSPS) is 20.2. The molecule has 1 fully saturated rings. The molecule has 0 aliphatic heterocycles. The fraction of sp³-hybridized carbons (Fsp3) is 0.300. The summed E-state index contributed by atoms with van der Waals surface area (Å²) in [5, 5.41) is 2.38. The summed E-state index contributed by atoms with van der Waals surface area (Å²) in [5.41, 5.74) is 0. The van der Waals surface area contributed by atoms with E-state index in [4.69, 9.17) is 16.3 Å². The molecule has 1 N–H and O–H groups in total. The van der Waals surface area contributed by atoms with E-state index in [0.29, 0.717) is 28.8 Å². The number of halogens is 1. The Morgan fingerprint density at radius 2 is 1.64 bits per heavy atom. The van der Waals surface area contributed by atoms with Gasteiger partial charge in [0.1, 0.15) is 6.10 Å². The highest BCUT2D eigenvalue weighted by Gasteiger charge is 2.27. The van der Waals surface area contributed by atoms with Crippen LogP contribution in [0.3, 0.4) is 0 Å². The molecule has 3 aromatic rings. The number of nitrogens with zero attached hydrogens (tertiary/aromatic N) is 2. The minimum absolute atomic E-state index is 0.0254. The second-order valence-electron chi connectivity index (χ2n) is 6.91. The number of hydrogen-bond donors (Lipinski definition) is 1. The summed E-state index contributed by atoms with van der Waals surface area (Å²) in [6.07, 6.45) is 5.83. The number of aromatic nitrogens is 2. The van der Waals surface area contributed by atoms with Crippen molar-refractivity contribution in [3.8, 4) is 6.01 Å². The van der Waals surface area contributed by atoms with Crippen molar-refractivity contribution in [1.29, 1.82) is 0 Å². The third-order valence-corrected chi connectivity index (χ3v) is 6.61. The Kier molecular flexibility index (Phi) is 5.48. The first kappa shape index (κ1) is 19.1. The molecule has 1 aromatic heterocycles. The third kappa shape index (κ3) is 4.43. The van der Waals surface area contributed by atoms with Gasteiger partial charge in [-0.3, -0.25) is 0 Å². The fourth-order valence-corrected chi connectivity index (χ4v) is 4.87. The number of rotatable bonds is 5. The minimum Gasteiger partial charge on any atom is -0.460 e. The highest BCUT2D eigenvalue weighted by atomic mass is 35.5. The molecule has 0 radical (unpaired) electrons. The second-order valence-corrected chi connectivity index (χ2v) is 9.06. The first-order valence-corrected chi connectivity index (χ1v) is 11.0. The molecule has 0 bridgehead atoms. The predicted octanol–water partition coefficient (Wildman–Crippen LogP) is 3.95. The maximum atomic E-state index is 12.8. The van der Waals surface area contributed by atoms with Crippen LogP contribution in [0.5, 0.6) is 6.01 Å². The van der Waals surface area contributed by atoms with Crippen LogP contribution in [0.4, 0.5) is 0 Å². The number of ether oxygens (including phenoxy) is 1. The van der Waals surface area contributed by atoms with Crippen LogP contribution >= 0.6 is 11.6 Å². The largest absolute Gasteiger partial charge is 0.460 e. The smallest absolute Gasteiger partial charge is 0.316 e. The average Bonchev–Trinajstić information content (AvgIpc) is 2.70. The molecule has 1 aliphatic carbocycles. The van der Waals surface area contributed by atoms with Gasteiger partial charge in [0.2, 0.25) is 10.0 Å². The van der Waals surface area contributed by atoms with Crippen LogP contribution in [0, 0.1) is 0 Å². The second kappa shape index (κ2) is 8.03. The zero-order valence-electron chi connectivity index (χ0n) is 15.1. The molecule has 28 heavy (non-hydrogen) atoms. The lowest BCUT2D eigenvalue weighted by atomic mass is 9.94. The number of fused-ring (bicyclic) bond motifs is 1. The molecule has 0 saturated heterocycles. The Morgan fingerprint density at radius 3 is 2.36 bits per heavy atom. The summed E-state index contributed by atoms with van der Waals surface area (Å²) in [5.74, 6) is 0. The van der Waals surface area contributed by atoms with Crippen LogP contribution in [0.1, 0.15) is 25.7 Å². The minimum atomic E-state index is -3.56. The monoisotopic (exact) mass is 417 g/mol. The maximum Gasteiger partial charge on any atom is 0.316 e. The lowest BCUT2D eigenvalue weighted by molar-refractivity contribution is 0.132. The molecule has 0 atom stereocenters. The van der Waals surface area contributed by atoms with Gasteiger partial charge in [0.15, 0.2) is 0 Å². The van der Waals surface area contributed by atoms with Crippen LogP contribution in [0.25, 0.3) is 10.8 Å². The van der Waals surface area contributed by atoms with Crippen molar-refractivity contribution in [1.82, 2.24) is 14.7 Å². The van der Waals surface area contributed by atoms with E-state index in [-0.39, 0.29) is 12.1 Å². The van der Waals surface area contributed by atoms with Crippen molar-refractivity contribution in [3.63, 3.8) is 0 Å². The van der Waals surface area contributed by atoms with E-state index >= 15 is 0 Å². The van der Waals surface area contributed by atoms with Crippen molar-refractivity contribution in [2.75, 3.05) is 0 Å². The zero-order valence-corrected chi connectivity index (χ0v) is 16.7. The summed E-state index contributed by atoms with van der Waals surface area (Å²) in [4.78, 5) is 8.37. The third-order valence-electron chi connectivity index (χ3n) is 4.90. The highest BCUT2D eigenvalue weighted by molar-refractivity contribution is 7.89. The van der Waals surface area contributed by atoms with Gasteiger partial charge in [0.25, 0.3) is 0 Å². The van der Waals surface area contributed by atoms with E-state index in [1.807, 2.05) is 30.3 Å². The molecular weight excluding hydrogens is 398 g/mol. The number of benzene rings is 2. The standard InChI is InChI=1S/C20H20ClN3O3S/c21-16-12-22-20(23-13-16)27-18-8-6-17(7-9-18)24-28(25,26)19-10-5-14-3-1-2-4-15(14)11-19/h1-5,10-13,17-18,24H,6-9H2. The van der Waals surface area contributed by atoms with E-state index in [2.05, 4.69) is 14.7 Å². The Hall–Kier alpha value is -2.22. The fourth-order valence-electron chi connectivity index (χ4n) is 3.43. The lowest BCUT2D eigenvalue weighted by Crippen LogP contribution is -2.39. The van der Waals surface area contributed by atoms with Crippen molar-refractivity contribution in [2.45, 2.75) is 42.7 Å². The molecule has 0 unspecified atom stereocenters. The van der Waals surface area contributed by atoms with Crippen LogP contribution in [0.2, 0.25) is 5.02 Å². The zero-order chi connectivity index (χ0) is 19.6. The van der Waals surface area contributed by atoms with E-state index in [1.54, 1.807) is 12.1 Å². The Balaban J connectivity index is 1.37. The molecule has 146 valence electrons. The number of sulfonamides is 1. The Morgan fingerprint density at radius 1 is 0.964 bits per heavy atom. The first-order valence-electron chi connectivity index (χ1n) is 9.15. The van der Waals surface area contributed by atoms with Gasteiger partial charge in [-0.25, -0.2) is 23.1 Å². The molecule has 1 aliphatic rings. The van der Waals surface area contributed by atoms with Crippen LogP contribution in [0.15, 0.2) is 59.8 Å². The molecular formula is C20H20ClN3O3S. The lowest BCUT2D eigenvalue weighted by Gasteiger charge is -2.28. The first-order chi connectivity index (χ1) is 13.5. The van der Waals surface area contributed by atoms with Gasteiger partial charge in [0, 0.05) is 6.04 Å². The van der Waals surface area contributed by atoms with E-state index in [1.165, 1.54) is 12.4 Å². The van der Waals surface area contributed by atoms with Gasteiger partial charge < -0.3 is 4.74 Å². The summed E-state index contributed by atoms with van der Waals surface area (Å²) in [7, 11) is -3.56. The number of hydrogen-bond acceptors (Lipinski definition) is 5. The van der Waals surface area contributed by atoms with Gasteiger partial charge in [-0.2, -0.15) is 0 Å². The van der Waals surface area contributed by atoms with Gasteiger partial charge in [0.05, 0.1) is 22.3 Å². The Bertz CT molecular complexity index is 1070.